The van der Waals surface area contributed by atoms with Crippen LogP contribution in [0.3, 0.4) is 0 Å². The van der Waals surface area contributed by atoms with Crippen LogP contribution in [0.2, 0.25) is 0 Å². The first-order valence-electron chi connectivity index (χ1n) is 3.92. The SMILES string of the molecule is C=CC[n+]1noc(NC(C)=O)c1C=O. The van der Waals surface area contributed by atoms with Gasteiger partial charge in [-0.2, -0.15) is 0 Å². The molecule has 1 amide bonds. The van der Waals surface area contributed by atoms with Gasteiger partial charge in [0.25, 0.3) is 0 Å². The highest BCUT2D eigenvalue weighted by Gasteiger charge is 2.23. The van der Waals surface area contributed by atoms with Gasteiger partial charge < -0.3 is 0 Å². The minimum atomic E-state index is -0.324. The molecule has 0 radical (unpaired) electrons. The Labute approximate surface area is 80.2 Å². The third-order valence-electron chi connectivity index (χ3n) is 1.44. The van der Waals surface area contributed by atoms with Crippen molar-refractivity contribution >= 4 is 18.1 Å². The Kier molecular flexibility index (Phi) is 3.11. The number of amides is 1. The first-order valence-corrected chi connectivity index (χ1v) is 3.92. The zero-order valence-corrected chi connectivity index (χ0v) is 7.69. The lowest BCUT2D eigenvalue weighted by Crippen LogP contribution is -2.38. The number of nitrogens with zero attached hydrogens (tertiary/aromatic N) is 2. The Bertz CT molecular complexity index is 370. The summed E-state index contributed by atoms with van der Waals surface area (Å²) in [7, 11) is 0. The van der Waals surface area contributed by atoms with E-state index in [9.17, 15) is 9.59 Å². The van der Waals surface area contributed by atoms with Crippen LogP contribution in [0.25, 0.3) is 0 Å². The highest BCUT2D eigenvalue weighted by molar-refractivity contribution is 5.91. The summed E-state index contributed by atoms with van der Waals surface area (Å²) in [5, 5.41) is 5.90. The van der Waals surface area contributed by atoms with Crippen LogP contribution in [0.1, 0.15) is 17.4 Å². The average molecular weight is 196 g/mol. The van der Waals surface area contributed by atoms with Crippen molar-refractivity contribution in [3.05, 3.63) is 18.3 Å². The van der Waals surface area contributed by atoms with Crippen LogP contribution in [0.15, 0.2) is 17.2 Å². The smallest absolute Gasteiger partial charge is 0.291 e. The summed E-state index contributed by atoms with van der Waals surface area (Å²) in [4.78, 5) is 21.4. The van der Waals surface area contributed by atoms with Gasteiger partial charge in [0, 0.05) is 6.92 Å². The minimum Gasteiger partial charge on any atom is -0.291 e. The molecule has 0 fully saturated rings. The largest absolute Gasteiger partial charge is 0.337 e. The number of rotatable bonds is 4. The average Bonchev–Trinajstić information content (AvgIpc) is 2.47. The maximum atomic E-state index is 10.7. The summed E-state index contributed by atoms with van der Waals surface area (Å²) < 4.78 is 6.05. The Hall–Kier alpha value is -1.98. The van der Waals surface area contributed by atoms with E-state index in [4.69, 9.17) is 4.52 Å². The molecule has 1 aromatic heterocycles. The highest BCUT2D eigenvalue weighted by Crippen LogP contribution is 2.06. The fourth-order valence-electron chi connectivity index (χ4n) is 0.913. The Balaban J connectivity index is 3.00. The van der Waals surface area contributed by atoms with Crippen molar-refractivity contribution in [1.29, 1.82) is 0 Å². The fraction of sp³-hybridized carbons (Fsp3) is 0.250. The summed E-state index contributed by atoms with van der Waals surface area (Å²) in [6.45, 7) is 5.15. The number of aromatic nitrogens is 2. The third-order valence-corrected chi connectivity index (χ3v) is 1.44. The van der Waals surface area contributed by atoms with Crippen molar-refractivity contribution < 1.29 is 18.8 Å². The molecule has 14 heavy (non-hydrogen) atoms. The quantitative estimate of drug-likeness (QED) is 0.415. The van der Waals surface area contributed by atoms with Crippen LogP contribution in [0.4, 0.5) is 5.88 Å². The summed E-state index contributed by atoms with van der Waals surface area (Å²) in [5.41, 5.74) is 0.181. The zero-order chi connectivity index (χ0) is 10.6. The molecule has 1 aromatic rings. The number of hydrogen-bond acceptors (Lipinski definition) is 4. The molecule has 1 N–H and O–H groups in total. The van der Waals surface area contributed by atoms with Crippen molar-refractivity contribution in [2.45, 2.75) is 13.5 Å². The van der Waals surface area contributed by atoms with Crippen LogP contribution >= 0.6 is 0 Å². The maximum absolute atomic E-state index is 10.7. The standard InChI is InChI=1S/C8H9N3O3/c1-3-4-11-7(5-12)8(14-10-11)9-6(2)13/h3,5H,1,4H2,2H3/p+1. The van der Waals surface area contributed by atoms with Crippen LogP contribution in [0, 0.1) is 0 Å². The predicted molar refractivity (Wildman–Crippen MR) is 46.6 cm³/mol. The number of allylic oxidation sites excluding steroid dienone is 1. The van der Waals surface area contributed by atoms with Crippen LogP contribution in [-0.4, -0.2) is 17.5 Å². The predicted octanol–water partition coefficient (Wildman–Crippen LogP) is -0.0810. The second-order valence-corrected chi connectivity index (χ2v) is 2.56. The monoisotopic (exact) mass is 196 g/mol. The van der Waals surface area contributed by atoms with Crippen LogP contribution in [0.5, 0.6) is 0 Å². The van der Waals surface area contributed by atoms with Gasteiger partial charge in [0.05, 0.1) is 0 Å². The number of carbonyl (C=O) groups is 2. The highest BCUT2D eigenvalue weighted by atomic mass is 16.5. The van der Waals surface area contributed by atoms with E-state index in [-0.39, 0.29) is 17.5 Å². The van der Waals surface area contributed by atoms with Crippen molar-refractivity contribution in [2.75, 3.05) is 5.32 Å². The van der Waals surface area contributed by atoms with Crippen LogP contribution < -0.4 is 10.00 Å². The molecule has 1 rings (SSSR count). The summed E-state index contributed by atoms with van der Waals surface area (Å²) in [5.74, 6) is -0.274. The van der Waals surface area contributed by atoms with Gasteiger partial charge in [0.1, 0.15) is 0 Å². The Morgan fingerprint density at radius 2 is 2.50 bits per heavy atom. The number of nitrogens with one attached hydrogen (secondary N) is 1. The van der Waals surface area contributed by atoms with E-state index in [2.05, 4.69) is 17.2 Å². The molecule has 0 saturated heterocycles. The van der Waals surface area contributed by atoms with E-state index < -0.39 is 0 Å². The number of anilines is 1. The van der Waals surface area contributed by atoms with Gasteiger partial charge in [0.15, 0.2) is 6.54 Å². The molecule has 0 unspecified atom stereocenters. The van der Waals surface area contributed by atoms with Gasteiger partial charge >= 0.3 is 11.6 Å². The molecule has 0 bridgehead atoms. The van der Waals surface area contributed by atoms with Gasteiger partial charge in [-0.15, -0.1) is 0 Å². The van der Waals surface area contributed by atoms with Gasteiger partial charge in [-0.05, 0) is 10.8 Å². The van der Waals surface area contributed by atoms with Gasteiger partial charge in [-0.3, -0.25) is 19.4 Å². The minimum absolute atomic E-state index is 0.0503. The molecule has 0 aliphatic heterocycles. The van der Waals surface area contributed by atoms with Gasteiger partial charge in [-0.25, -0.2) is 0 Å². The van der Waals surface area contributed by atoms with Crippen molar-refractivity contribution in [3.8, 4) is 0 Å². The lowest BCUT2D eigenvalue weighted by molar-refractivity contribution is -0.754. The molecule has 74 valence electrons. The van der Waals surface area contributed by atoms with Crippen LogP contribution in [-0.2, 0) is 11.3 Å². The topological polar surface area (TPSA) is 76.1 Å². The maximum Gasteiger partial charge on any atom is 0.337 e. The molecule has 0 atom stereocenters. The van der Waals surface area contributed by atoms with Crippen molar-refractivity contribution in [3.63, 3.8) is 0 Å². The number of aldehydes is 1. The third kappa shape index (κ3) is 2.03. The van der Waals surface area contributed by atoms with Gasteiger partial charge in [-0.1, -0.05) is 6.58 Å². The zero-order valence-electron chi connectivity index (χ0n) is 7.69. The lowest BCUT2D eigenvalue weighted by Gasteiger charge is -1.90. The first kappa shape index (κ1) is 10.1. The van der Waals surface area contributed by atoms with Crippen molar-refractivity contribution in [2.24, 2.45) is 0 Å². The molecule has 6 heteroatoms. The second kappa shape index (κ2) is 4.31. The summed E-state index contributed by atoms with van der Waals surface area (Å²) in [6.07, 6.45) is 2.12. The lowest BCUT2D eigenvalue weighted by atomic mass is 10.4. The second-order valence-electron chi connectivity index (χ2n) is 2.56. The number of carbonyl (C=O) groups excluding carboxylic acids is 2. The number of hydrogen-bond donors (Lipinski definition) is 1. The van der Waals surface area contributed by atoms with E-state index in [1.807, 2.05) is 0 Å². The molecule has 0 aliphatic carbocycles. The molecule has 6 nitrogen and oxygen atoms in total. The van der Waals surface area contributed by atoms with E-state index >= 15 is 0 Å². The van der Waals surface area contributed by atoms with Crippen molar-refractivity contribution in [1.82, 2.24) is 5.27 Å². The van der Waals surface area contributed by atoms with E-state index in [1.165, 1.54) is 11.6 Å². The van der Waals surface area contributed by atoms with E-state index in [0.717, 1.165) is 0 Å². The Morgan fingerprint density at radius 3 is 3.00 bits per heavy atom. The normalized spacial score (nSPS) is 9.50. The van der Waals surface area contributed by atoms with E-state index in [1.54, 1.807) is 6.08 Å². The fourth-order valence-corrected chi connectivity index (χ4v) is 0.913. The first-order chi connectivity index (χ1) is 6.69. The molecular weight excluding hydrogens is 186 g/mol. The van der Waals surface area contributed by atoms with Gasteiger partial charge in [0.2, 0.25) is 17.5 Å². The Morgan fingerprint density at radius 1 is 1.79 bits per heavy atom. The molecule has 0 aliphatic rings. The molecule has 0 saturated carbocycles. The molecular formula is C8H10N3O3+. The molecule has 1 heterocycles. The molecule has 0 aromatic carbocycles. The molecule has 0 spiro atoms. The summed E-state index contributed by atoms with van der Waals surface area (Å²) >= 11 is 0. The summed E-state index contributed by atoms with van der Waals surface area (Å²) in [6, 6.07) is 0. The van der Waals surface area contributed by atoms with E-state index in [0.29, 0.717) is 12.8 Å².